The molecule has 5 nitrogen and oxygen atoms in total. The van der Waals surface area contributed by atoms with E-state index in [4.69, 9.17) is 4.74 Å². The Balaban J connectivity index is 1.68. The Labute approximate surface area is 184 Å². The highest BCUT2D eigenvalue weighted by molar-refractivity contribution is 6.02. The van der Waals surface area contributed by atoms with E-state index in [0.717, 1.165) is 42.6 Å². The maximum Gasteiger partial charge on any atom is 0.255 e. The van der Waals surface area contributed by atoms with E-state index in [1.54, 1.807) is 12.0 Å². The van der Waals surface area contributed by atoms with Crippen molar-refractivity contribution >= 4 is 11.8 Å². The van der Waals surface area contributed by atoms with Crippen LogP contribution in [-0.4, -0.2) is 35.4 Å². The highest BCUT2D eigenvalue weighted by Crippen LogP contribution is 2.34. The molecule has 0 spiro atoms. The van der Waals surface area contributed by atoms with Crippen molar-refractivity contribution in [1.29, 1.82) is 0 Å². The Morgan fingerprint density at radius 3 is 2.48 bits per heavy atom. The Morgan fingerprint density at radius 1 is 1.06 bits per heavy atom. The molecule has 2 aliphatic rings. The summed E-state index contributed by atoms with van der Waals surface area (Å²) in [6, 6.07) is 15.5. The topological polar surface area (TPSA) is 58.6 Å². The van der Waals surface area contributed by atoms with Gasteiger partial charge < -0.3 is 15.0 Å². The molecule has 1 saturated carbocycles. The molecule has 1 aliphatic carbocycles. The van der Waals surface area contributed by atoms with Crippen molar-refractivity contribution in [2.45, 2.75) is 70.0 Å². The smallest absolute Gasteiger partial charge is 0.255 e. The van der Waals surface area contributed by atoms with Gasteiger partial charge in [0.2, 0.25) is 5.91 Å². The highest BCUT2D eigenvalue weighted by atomic mass is 16.5. The number of hydrogen-bond acceptors (Lipinski definition) is 3. The van der Waals surface area contributed by atoms with Crippen LogP contribution in [0.3, 0.4) is 0 Å². The molecule has 164 valence electrons. The third-order valence-corrected chi connectivity index (χ3v) is 6.82. The number of rotatable bonds is 5. The molecule has 1 heterocycles. The van der Waals surface area contributed by atoms with Gasteiger partial charge in [-0.25, -0.2) is 0 Å². The van der Waals surface area contributed by atoms with Gasteiger partial charge in [-0.05, 0) is 37.5 Å². The second kappa shape index (κ2) is 9.13. The SMILES string of the molecule is COc1ccccc1CN1C(=O)c2ccccc2C[C@@]1(C)C(=O)NC1CCCCCC1. The fraction of sp³-hybridized carbons (Fsp3) is 0.462. The van der Waals surface area contributed by atoms with Gasteiger partial charge in [-0.3, -0.25) is 9.59 Å². The summed E-state index contributed by atoms with van der Waals surface area (Å²) in [5.41, 5.74) is 1.55. The summed E-state index contributed by atoms with van der Waals surface area (Å²) in [4.78, 5) is 29.0. The second-order valence-electron chi connectivity index (χ2n) is 8.97. The van der Waals surface area contributed by atoms with Gasteiger partial charge in [0.1, 0.15) is 11.3 Å². The van der Waals surface area contributed by atoms with Crippen molar-refractivity contribution in [3.05, 3.63) is 65.2 Å². The first-order chi connectivity index (χ1) is 15.0. The van der Waals surface area contributed by atoms with Gasteiger partial charge in [0, 0.05) is 23.6 Å². The summed E-state index contributed by atoms with van der Waals surface area (Å²) in [5.74, 6) is 0.559. The lowest BCUT2D eigenvalue weighted by atomic mass is 9.82. The number of hydrogen-bond donors (Lipinski definition) is 1. The number of para-hydroxylation sites is 1. The van der Waals surface area contributed by atoms with Crippen molar-refractivity contribution in [2.24, 2.45) is 0 Å². The van der Waals surface area contributed by atoms with E-state index >= 15 is 0 Å². The van der Waals surface area contributed by atoms with Crippen LogP contribution >= 0.6 is 0 Å². The molecule has 31 heavy (non-hydrogen) atoms. The van der Waals surface area contributed by atoms with Crippen LogP contribution in [0.4, 0.5) is 0 Å². The molecular formula is C26H32N2O3. The lowest BCUT2D eigenvalue weighted by Gasteiger charge is -2.44. The van der Waals surface area contributed by atoms with Crippen LogP contribution in [0.1, 0.15) is 66.9 Å². The molecule has 5 heteroatoms. The van der Waals surface area contributed by atoms with E-state index in [9.17, 15) is 9.59 Å². The number of ether oxygens (including phenoxy) is 1. The van der Waals surface area contributed by atoms with Gasteiger partial charge in [0.05, 0.1) is 13.7 Å². The maximum absolute atomic E-state index is 13.7. The standard InChI is InChI=1S/C26H32N2O3/c1-26(25(30)27-21-13-5-3-4-6-14-21)17-19-11-7-9-15-22(19)24(29)28(26)18-20-12-8-10-16-23(20)31-2/h7-12,15-16,21H,3-6,13-14,17-18H2,1-2H3,(H,27,30)/t26-/m0/s1. The van der Waals surface area contributed by atoms with E-state index < -0.39 is 5.54 Å². The Morgan fingerprint density at radius 2 is 1.74 bits per heavy atom. The first-order valence-electron chi connectivity index (χ1n) is 11.4. The van der Waals surface area contributed by atoms with Gasteiger partial charge in [0.15, 0.2) is 0 Å². The van der Waals surface area contributed by atoms with Crippen LogP contribution in [0.2, 0.25) is 0 Å². The largest absolute Gasteiger partial charge is 0.496 e. The van der Waals surface area contributed by atoms with Gasteiger partial charge >= 0.3 is 0 Å². The van der Waals surface area contributed by atoms with Gasteiger partial charge in [-0.15, -0.1) is 0 Å². The van der Waals surface area contributed by atoms with Gasteiger partial charge in [-0.2, -0.15) is 0 Å². The number of methoxy groups -OCH3 is 1. The summed E-state index contributed by atoms with van der Waals surface area (Å²) in [6.07, 6.45) is 7.29. The average molecular weight is 421 g/mol. The van der Waals surface area contributed by atoms with E-state index in [1.165, 1.54) is 12.8 Å². The summed E-state index contributed by atoms with van der Waals surface area (Å²) < 4.78 is 5.52. The average Bonchev–Trinajstić information content (AvgIpc) is 3.05. The number of benzene rings is 2. The highest BCUT2D eigenvalue weighted by Gasteiger charge is 2.47. The van der Waals surface area contributed by atoms with Crippen LogP contribution in [0, 0.1) is 0 Å². The summed E-state index contributed by atoms with van der Waals surface area (Å²) >= 11 is 0. The minimum atomic E-state index is -0.960. The molecular weight excluding hydrogens is 388 g/mol. The summed E-state index contributed by atoms with van der Waals surface area (Å²) in [5, 5.41) is 3.30. The molecule has 1 fully saturated rings. The summed E-state index contributed by atoms with van der Waals surface area (Å²) in [7, 11) is 1.63. The van der Waals surface area contributed by atoms with Gasteiger partial charge in [-0.1, -0.05) is 62.1 Å². The monoisotopic (exact) mass is 420 g/mol. The van der Waals surface area contributed by atoms with Crippen molar-refractivity contribution < 1.29 is 14.3 Å². The van der Waals surface area contributed by atoms with Crippen LogP contribution in [0.5, 0.6) is 5.75 Å². The molecule has 0 bridgehead atoms. The number of fused-ring (bicyclic) bond motifs is 1. The molecule has 1 atom stereocenters. The van der Waals surface area contributed by atoms with Crippen LogP contribution < -0.4 is 10.1 Å². The molecule has 0 unspecified atom stereocenters. The quantitative estimate of drug-likeness (QED) is 0.725. The Hall–Kier alpha value is -2.82. The van der Waals surface area contributed by atoms with E-state index in [1.807, 2.05) is 55.5 Å². The fourth-order valence-electron chi connectivity index (χ4n) is 4.94. The molecule has 1 N–H and O–H groups in total. The third kappa shape index (κ3) is 4.32. The van der Waals surface area contributed by atoms with Gasteiger partial charge in [0.25, 0.3) is 5.91 Å². The molecule has 0 aromatic heterocycles. The predicted octanol–water partition coefficient (Wildman–Crippen LogP) is 4.49. The van der Waals surface area contributed by atoms with Crippen LogP contribution in [0.15, 0.2) is 48.5 Å². The van der Waals surface area contributed by atoms with E-state index in [0.29, 0.717) is 18.5 Å². The Kier molecular flexibility index (Phi) is 6.30. The molecule has 2 aromatic carbocycles. The van der Waals surface area contributed by atoms with Crippen molar-refractivity contribution in [3.63, 3.8) is 0 Å². The lowest BCUT2D eigenvalue weighted by Crippen LogP contribution is -2.63. The maximum atomic E-state index is 13.7. The molecule has 2 aromatic rings. The number of nitrogens with one attached hydrogen (secondary N) is 1. The predicted molar refractivity (Wildman–Crippen MR) is 121 cm³/mol. The molecule has 0 saturated heterocycles. The molecule has 4 rings (SSSR count). The molecule has 0 radical (unpaired) electrons. The number of nitrogens with zero attached hydrogens (tertiary/aromatic N) is 1. The Bertz CT molecular complexity index is 949. The van der Waals surface area contributed by atoms with Crippen LogP contribution in [0.25, 0.3) is 0 Å². The third-order valence-electron chi connectivity index (χ3n) is 6.82. The normalized spacial score (nSPS) is 21.9. The zero-order chi connectivity index (χ0) is 21.8. The number of carbonyl (C=O) groups excluding carboxylic acids is 2. The first-order valence-corrected chi connectivity index (χ1v) is 11.4. The number of carbonyl (C=O) groups is 2. The van der Waals surface area contributed by atoms with E-state index in [2.05, 4.69) is 5.32 Å². The molecule has 1 aliphatic heterocycles. The minimum Gasteiger partial charge on any atom is -0.496 e. The fourth-order valence-corrected chi connectivity index (χ4v) is 4.94. The first kappa shape index (κ1) is 21.4. The van der Waals surface area contributed by atoms with Crippen molar-refractivity contribution in [1.82, 2.24) is 10.2 Å². The lowest BCUT2D eigenvalue weighted by molar-refractivity contribution is -0.132. The second-order valence-corrected chi connectivity index (χ2v) is 8.97. The molecule has 2 amide bonds. The zero-order valence-corrected chi connectivity index (χ0v) is 18.5. The minimum absolute atomic E-state index is 0.0582. The van der Waals surface area contributed by atoms with E-state index in [-0.39, 0.29) is 17.9 Å². The van der Waals surface area contributed by atoms with Crippen molar-refractivity contribution in [2.75, 3.05) is 7.11 Å². The zero-order valence-electron chi connectivity index (χ0n) is 18.5. The summed E-state index contributed by atoms with van der Waals surface area (Å²) in [6.45, 7) is 2.23. The van der Waals surface area contributed by atoms with Crippen LogP contribution in [-0.2, 0) is 17.8 Å². The van der Waals surface area contributed by atoms with Crippen molar-refractivity contribution in [3.8, 4) is 5.75 Å². The number of amides is 2.